The average Bonchev–Trinajstić information content (AvgIpc) is 2.97. The van der Waals surface area contributed by atoms with E-state index in [2.05, 4.69) is 4.98 Å². The van der Waals surface area contributed by atoms with Crippen LogP contribution in [-0.4, -0.2) is 10.1 Å². The van der Waals surface area contributed by atoms with E-state index in [1.807, 2.05) is 0 Å². The minimum absolute atomic E-state index is 0.0139. The first-order valence-corrected chi connectivity index (χ1v) is 8.17. The van der Waals surface area contributed by atoms with Gasteiger partial charge in [0.15, 0.2) is 0 Å². The van der Waals surface area contributed by atoms with Gasteiger partial charge in [-0.3, -0.25) is 0 Å². The number of allylic oxidation sites excluding steroid dienone is 1. The van der Waals surface area contributed by atoms with Crippen LogP contribution in [0.3, 0.4) is 0 Å². The van der Waals surface area contributed by atoms with Gasteiger partial charge in [-0.15, -0.1) is 11.3 Å². The number of aromatic nitrogens is 1. The predicted molar refractivity (Wildman–Crippen MR) is 91.1 cm³/mol. The summed E-state index contributed by atoms with van der Waals surface area (Å²) in [6.07, 6.45) is -4.53. The summed E-state index contributed by atoms with van der Waals surface area (Å²) in [5, 5.41) is 19.5. The van der Waals surface area contributed by atoms with Crippen molar-refractivity contribution in [2.24, 2.45) is 0 Å². The van der Waals surface area contributed by atoms with E-state index in [9.17, 15) is 27.9 Å². The van der Waals surface area contributed by atoms with Gasteiger partial charge in [-0.25, -0.2) is 9.37 Å². The van der Waals surface area contributed by atoms with Crippen molar-refractivity contribution >= 4 is 44.5 Å². The van der Waals surface area contributed by atoms with Gasteiger partial charge in [0, 0.05) is 0 Å². The monoisotopic (exact) mass is 398 g/mol. The molecule has 0 bridgehead atoms. The second-order valence-electron chi connectivity index (χ2n) is 5.13. The first kappa shape index (κ1) is 18.2. The molecule has 3 rings (SSSR count). The van der Waals surface area contributed by atoms with Crippen molar-refractivity contribution in [3.63, 3.8) is 0 Å². The van der Waals surface area contributed by atoms with Crippen LogP contribution >= 0.6 is 22.9 Å². The van der Waals surface area contributed by atoms with Crippen LogP contribution in [0.2, 0.25) is 5.02 Å². The van der Waals surface area contributed by atoms with Gasteiger partial charge in [-0.2, -0.15) is 18.4 Å². The molecule has 2 aromatic carbocycles. The highest BCUT2D eigenvalue weighted by atomic mass is 35.5. The number of hydrogen-bond acceptors (Lipinski definition) is 4. The molecular formula is C17H7ClF4N2OS. The molecule has 0 amide bonds. The van der Waals surface area contributed by atoms with Crippen LogP contribution < -0.4 is 0 Å². The molecule has 9 heteroatoms. The van der Waals surface area contributed by atoms with Crippen LogP contribution in [0.4, 0.5) is 17.6 Å². The molecule has 0 aliphatic carbocycles. The lowest BCUT2D eigenvalue weighted by Gasteiger charge is -2.06. The lowest BCUT2D eigenvalue weighted by atomic mass is 10.1. The molecule has 0 saturated carbocycles. The van der Waals surface area contributed by atoms with E-state index in [-0.39, 0.29) is 26.7 Å². The molecule has 0 atom stereocenters. The van der Waals surface area contributed by atoms with Gasteiger partial charge in [0.25, 0.3) is 0 Å². The second kappa shape index (κ2) is 6.59. The van der Waals surface area contributed by atoms with Crippen molar-refractivity contribution in [3.05, 3.63) is 63.4 Å². The van der Waals surface area contributed by atoms with E-state index in [1.54, 1.807) is 6.07 Å². The normalized spacial score (nSPS) is 12.8. The standard InChI is InChI=1S/C17H7ClF4N2OS/c18-10-2-1-3-11(19)14(10)15(25)9(7-23)16-24-12-6-8(17(20,21)22)4-5-13(12)26-16/h1-6,25H/b15-9-. The zero-order valence-corrected chi connectivity index (χ0v) is 14.2. The minimum atomic E-state index is -4.53. The Morgan fingerprint density at radius 3 is 2.58 bits per heavy atom. The maximum Gasteiger partial charge on any atom is 0.416 e. The first-order valence-electron chi connectivity index (χ1n) is 6.98. The van der Waals surface area contributed by atoms with Crippen molar-refractivity contribution in [1.82, 2.24) is 4.98 Å². The lowest BCUT2D eigenvalue weighted by Crippen LogP contribution is -2.03. The molecule has 0 fully saturated rings. The van der Waals surface area contributed by atoms with E-state index in [0.717, 1.165) is 29.5 Å². The van der Waals surface area contributed by atoms with Crippen molar-refractivity contribution in [3.8, 4) is 6.07 Å². The van der Waals surface area contributed by atoms with E-state index in [0.29, 0.717) is 4.70 Å². The molecule has 132 valence electrons. The molecule has 26 heavy (non-hydrogen) atoms. The average molecular weight is 399 g/mol. The van der Waals surface area contributed by atoms with Gasteiger partial charge in [0.05, 0.1) is 26.4 Å². The highest BCUT2D eigenvalue weighted by Crippen LogP contribution is 2.36. The number of nitriles is 1. The summed E-state index contributed by atoms with van der Waals surface area (Å²) in [5.41, 5.74) is -1.63. The highest BCUT2D eigenvalue weighted by molar-refractivity contribution is 7.19. The quantitative estimate of drug-likeness (QED) is 0.324. The van der Waals surface area contributed by atoms with Crippen LogP contribution in [0, 0.1) is 17.1 Å². The van der Waals surface area contributed by atoms with Crippen LogP contribution in [-0.2, 0) is 6.18 Å². The molecule has 3 aromatic rings. The summed E-state index contributed by atoms with van der Waals surface area (Å²) in [4.78, 5) is 3.98. The molecule has 0 aliphatic rings. The summed E-state index contributed by atoms with van der Waals surface area (Å²) >= 11 is 6.78. The smallest absolute Gasteiger partial charge is 0.416 e. The SMILES string of the molecule is N#C/C(=C(/O)c1c(F)cccc1Cl)c1nc2cc(C(F)(F)F)ccc2s1. The summed E-state index contributed by atoms with van der Waals surface area (Å²) in [6, 6.07) is 8.39. The third-order valence-electron chi connectivity index (χ3n) is 3.48. The Morgan fingerprint density at radius 2 is 1.96 bits per heavy atom. The van der Waals surface area contributed by atoms with Crippen LogP contribution in [0.1, 0.15) is 16.1 Å². The molecule has 1 heterocycles. The number of aliphatic hydroxyl groups excluding tert-OH is 1. The Labute approximate surface area is 153 Å². The molecule has 1 N–H and O–H groups in total. The van der Waals surface area contributed by atoms with Crippen molar-refractivity contribution in [2.75, 3.05) is 0 Å². The number of hydrogen-bond donors (Lipinski definition) is 1. The van der Waals surface area contributed by atoms with Gasteiger partial charge in [0.1, 0.15) is 28.2 Å². The Balaban J connectivity index is 2.18. The van der Waals surface area contributed by atoms with Crippen LogP contribution in [0.25, 0.3) is 21.5 Å². The summed E-state index contributed by atoms with van der Waals surface area (Å²) in [6.45, 7) is 0. The van der Waals surface area contributed by atoms with E-state index < -0.39 is 23.3 Å². The van der Waals surface area contributed by atoms with Crippen LogP contribution in [0.15, 0.2) is 36.4 Å². The molecule has 3 nitrogen and oxygen atoms in total. The zero-order chi connectivity index (χ0) is 19.1. The van der Waals surface area contributed by atoms with Crippen molar-refractivity contribution in [2.45, 2.75) is 6.18 Å². The number of fused-ring (bicyclic) bond motifs is 1. The van der Waals surface area contributed by atoms with Crippen molar-refractivity contribution < 1.29 is 22.7 Å². The second-order valence-corrected chi connectivity index (χ2v) is 6.57. The molecule has 1 aromatic heterocycles. The molecule has 0 spiro atoms. The fourth-order valence-electron chi connectivity index (χ4n) is 2.26. The largest absolute Gasteiger partial charge is 0.506 e. The molecule has 0 aliphatic heterocycles. The molecule has 0 unspecified atom stereocenters. The Bertz CT molecular complexity index is 1060. The van der Waals surface area contributed by atoms with Gasteiger partial charge in [-0.1, -0.05) is 17.7 Å². The van der Waals surface area contributed by atoms with E-state index in [1.165, 1.54) is 18.2 Å². The summed E-state index contributed by atoms with van der Waals surface area (Å²) in [7, 11) is 0. The number of thiazole rings is 1. The summed E-state index contributed by atoms with van der Waals surface area (Å²) in [5.74, 6) is -1.58. The Hall–Kier alpha value is -2.63. The summed E-state index contributed by atoms with van der Waals surface area (Å²) < 4.78 is 52.8. The molecule has 0 radical (unpaired) electrons. The maximum absolute atomic E-state index is 14.0. The Kier molecular flexibility index (Phi) is 4.61. The fraction of sp³-hybridized carbons (Fsp3) is 0.0588. The fourth-order valence-corrected chi connectivity index (χ4v) is 3.46. The number of benzene rings is 2. The topological polar surface area (TPSA) is 56.9 Å². The molecular weight excluding hydrogens is 392 g/mol. The van der Waals surface area contributed by atoms with Crippen LogP contribution in [0.5, 0.6) is 0 Å². The minimum Gasteiger partial charge on any atom is -0.506 e. The van der Waals surface area contributed by atoms with Gasteiger partial charge in [0.2, 0.25) is 0 Å². The lowest BCUT2D eigenvalue weighted by molar-refractivity contribution is -0.137. The predicted octanol–water partition coefficient (Wildman–Crippen LogP) is 6.06. The number of rotatable bonds is 2. The number of nitrogens with zero attached hydrogens (tertiary/aromatic N) is 2. The van der Waals surface area contributed by atoms with E-state index in [4.69, 9.17) is 11.6 Å². The third-order valence-corrected chi connectivity index (χ3v) is 4.85. The number of aliphatic hydroxyl groups is 1. The van der Waals surface area contributed by atoms with Crippen molar-refractivity contribution in [1.29, 1.82) is 5.26 Å². The van der Waals surface area contributed by atoms with E-state index >= 15 is 0 Å². The zero-order valence-electron chi connectivity index (χ0n) is 12.6. The first-order chi connectivity index (χ1) is 12.2. The van der Waals surface area contributed by atoms with Gasteiger partial charge in [-0.05, 0) is 30.3 Å². The van der Waals surface area contributed by atoms with Gasteiger partial charge >= 0.3 is 6.18 Å². The van der Waals surface area contributed by atoms with Gasteiger partial charge < -0.3 is 5.11 Å². The third kappa shape index (κ3) is 3.23. The Morgan fingerprint density at radius 1 is 1.23 bits per heavy atom. The maximum atomic E-state index is 14.0. The molecule has 0 saturated heterocycles. The number of halogens is 5. The number of alkyl halides is 3. The highest BCUT2D eigenvalue weighted by Gasteiger charge is 2.31.